The van der Waals surface area contributed by atoms with Crippen molar-refractivity contribution in [3.8, 4) is 17.2 Å². The molecule has 0 N–H and O–H groups in total. The van der Waals surface area contributed by atoms with Crippen molar-refractivity contribution in [3.05, 3.63) is 48.0 Å². The fourth-order valence-corrected chi connectivity index (χ4v) is 1.61. The maximum Gasteiger partial charge on any atom is 0.216 e. The van der Waals surface area contributed by atoms with Crippen molar-refractivity contribution in [1.29, 1.82) is 0 Å². The van der Waals surface area contributed by atoms with Gasteiger partial charge >= 0.3 is 0 Å². The molecule has 0 aliphatic rings. The molecule has 0 bridgehead atoms. The van der Waals surface area contributed by atoms with Gasteiger partial charge in [0.25, 0.3) is 0 Å². The van der Waals surface area contributed by atoms with Crippen molar-refractivity contribution in [2.24, 2.45) is 0 Å². The van der Waals surface area contributed by atoms with Crippen LogP contribution < -0.4 is 14.2 Å². The van der Waals surface area contributed by atoms with Crippen LogP contribution in [-0.2, 0) is 6.61 Å². The third-order valence-corrected chi connectivity index (χ3v) is 2.59. The summed E-state index contributed by atoms with van der Waals surface area (Å²) in [5.41, 5.74) is 0.848. The van der Waals surface area contributed by atoms with E-state index in [2.05, 4.69) is 4.98 Å². The molecule has 2 aromatic rings. The van der Waals surface area contributed by atoms with Crippen LogP contribution in [0.5, 0.6) is 17.2 Å². The molecule has 0 spiro atoms. The largest absolute Gasteiger partial charge is 0.497 e. The zero-order valence-corrected chi connectivity index (χ0v) is 10.7. The van der Waals surface area contributed by atoms with Crippen LogP contribution in [0.15, 0.2) is 36.5 Å². The predicted octanol–water partition coefficient (Wildman–Crippen LogP) is 2.82. The van der Waals surface area contributed by atoms with Gasteiger partial charge in [-0.25, -0.2) is 4.98 Å². The van der Waals surface area contributed by atoms with Gasteiger partial charge in [0.15, 0.2) is 0 Å². The van der Waals surface area contributed by atoms with Crippen molar-refractivity contribution in [1.82, 2.24) is 4.98 Å². The molecule has 100 valence electrons. The molecular formula is C14H14FNO3. The molecule has 4 nitrogen and oxygen atoms in total. The lowest BCUT2D eigenvalue weighted by Crippen LogP contribution is -1.99. The van der Waals surface area contributed by atoms with Crippen LogP contribution in [0.3, 0.4) is 0 Å². The van der Waals surface area contributed by atoms with E-state index in [9.17, 15) is 4.39 Å². The first-order valence-corrected chi connectivity index (χ1v) is 5.68. The van der Waals surface area contributed by atoms with Crippen LogP contribution in [0.2, 0.25) is 0 Å². The maximum absolute atomic E-state index is 12.9. The highest BCUT2D eigenvalue weighted by Crippen LogP contribution is 2.25. The minimum atomic E-state index is -0.570. The molecule has 2 rings (SSSR count). The first-order chi connectivity index (χ1) is 9.22. The summed E-state index contributed by atoms with van der Waals surface area (Å²) in [7, 11) is 3.16. The number of methoxy groups -OCH3 is 2. The van der Waals surface area contributed by atoms with E-state index in [1.54, 1.807) is 26.4 Å². The third kappa shape index (κ3) is 3.34. The number of aromatic nitrogens is 1. The number of benzene rings is 1. The highest BCUT2D eigenvalue weighted by atomic mass is 19.1. The summed E-state index contributed by atoms with van der Waals surface area (Å²) in [4.78, 5) is 3.46. The molecule has 19 heavy (non-hydrogen) atoms. The van der Waals surface area contributed by atoms with Gasteiger partial charge < -0.3 is 14.2 Å². The van der Waals surface area contributed by atoms with Gasteiger partial charge in [-0.3, -0.25) is 0 Å². The van der Waals surface area contributed by atoms with Crippen LogP contribution in [0, 0.1) is 5.95 Å². The van der Waals surface area contributed by atoms with Crippen LogP contribution in [0.1, 0.15) is 5.56 Å². The fourth-order valence-electron chi connectivity index (χ4n) is 1.61. The number of pyridine rings is 1. The maximum atomic E-state index is 12.9. The molecule has 1 aromatic carbocycles. The topological polar surface area (TPSA) is 40.6 Å². The summed E-state index contributed by atoms with van der Waals surface area (Å²) >= 11 is 0. The predicted molar refractivity (Wildman–Crippen MR) is 68.1 cm³/mol. The summed E-state index contributed by atoms with van der Waals surface area (Å²) in [6.45, 7) is 0.274. The lowest BCUT2D eigenvalue weighted by Gasteiger charge is -2.11. The smallest absolute Gasteiger partial charge is 0.216 e. The number of hydrogen-bond acceptors (Lipinski definition) is 4. The number of ether oxygens (including phenoxy) is 3. The van der Waals surface area contributed by atoms with E-state index in [0.29, 0.717) is 17.2 Å². The molecule has 0 saturated carbocycles. The standard InChI is InChI=1S/C14H14FNO3/c1-17-11-4-3-10(13(7-11)18-2)9-19-12-5-6-16-14(15)8-12/h3-8H,9H2,1-2H3. The molecule has 1 heterocycles. The number of rotatable bonds is 5. The molecule has 0 atom stereocenters. The van der Waals surface area contributed by atoms with Gasteiger partial charge in [0.2, 0.25) is 5.95 Å². The molecule has 1 aromatic heterocycles. The zero-order chi connectivity index (χ0) is 13.7. The summed E-state index contributed by atoms with van der Waals surface area (Å²) in [5.74, 6) is 1.22. The molecular weight excluding hydrogens is 249 g/mol. The van der Waals surface area contributed by atoms with Crippen LogP contribution in [0.4, 0.5) is 4.39 Å². The van der Waals surface area contributed by atoms with Crippen molar-refractivity contribution in [3.63, 3.8) is 0 Å². The first-order valence-electron chi connectivity index (χ1n) is 5.68. The zero-order valence-electron chi connectivity index (χ0n) is 10.7. The van der Waals surface area contributed by atoms with E-state index in [-0.39, 0.29) is 6.61 Å². The highest BCUT2D eigenvalue weighted by Gasteiger charge is 2.06. The Hall–Kier alpha value is -2.30. The van der Waals surface area contributed by atoms with Crippen LogP contribution in [-0.4, -0.2) is 19.2 Å². The van der Waals surface area contributed by atoms with Crippen molar-refractivity contribution in [2.45, 2.75) is 6.61 Å². The number of halogens is 1. The van der Waals surface area contributed by atoms with Gasteiger partial charge in [-0.2, -0.15) is 4.39 Å². The molecule has 0 amide bonds. The van der Waals surface area contributed by atoms with E-state index in [1.807, 2.05) is 12.1 Å². The van der Waals surface area contributed by atoms with E-state index < -0.39 is 5.95 Å². The summed E-state index contributed by atoms with van der Waals surface area (Å²) < 4.78 is 28.8. The van der Waals surface area contributed by atoms with Crippen LogP contribution >= 0.6 is 0 Å². The second kappa shape index (κ2) is 6.04. The highest BCUT2D eigenvalue weighted by molar-refractivity contribution is 5.40. The molecule has 5 heteroatoms. The Bertz CT molecular complexity index is 560. The molecule has 0 aliphatic carbocycles. The van der Waals surface area contributed by atoms with Gasteiger partial charge in [0, 0.05) is 23.9 Å². The lowest BCUT2D eigenvalue weighted by molar-refractivity contribution is 0.293. The summed E-state index contributed by atoms with van der Waals surface area (Å²) in [6, 6.07) is 8.25. The van der Waals surface area contributed by atoms with Crippen molar-refractivity contribution in [2.75, 3.05) is 14.2 Å². The molecule has 0 saturated heterocycles. The van der Waals surface area contributed by atoms with E-state index >= 15 is 0 Å². The normalized spacial score (nSPS) is 10.1. The Kier molecular flexibility index (Phi) is 4.18. The second-order valence-electron chi connectivity index (χ2n) is 3.78. The van der Waals surface area contributed by atoms with Crippen molar-refractivity contribution >= 4 is 0 Å². The average molecular weight is 263 g/mol. The van der Waals surface area contributed by atoms with Gasteiger partial charge in [-0.05, 0) is 18.2 Å². The molecule has 0 radical (unpaired) electrons. The van der Waals surface area contributed by atoms with Gasteiger partial charge in [-0.1, -0.05) is 0 Å². The average Bonchev–Trinajstić information content (AvgIpc) is 2.45. The Labute approximate surface area is 110 Å². The number of hydrogen-bond donors (Lipinski definition) is 0. The molecule has 0 unspecified atom stereocenters. The Morgan fingerprint density at radius 1 is 1.05 bits per heavy atom. The molecule has 0 aliphatic heterocycles. The van der Waals surface area contributed by atoms with Gasteiger partial charge in [-0.15, -0.1) is 0 Å². The van der Waals surface area contributed by atoms with Gasteiger partial charge in [0.05, 0.1) is 14.2 Å². The minimum absolute atomic E-state index is 0.274. The van der Waals surface area contributed by atoms with E-state index in [1.165, 1.54) is 12.3 Å². The molecule has 0 fully saturated rings. The fraction of sp³-hybridized carbons (Fsp3) is 0.214. The second-order valence-corrected chi connectivity index (χ2v) is 3.78. The third-order valence-electron chi connectivity index (χ3n) is 2.59. The van der Waals surface area contributed by atoms with Crippen LogP contribution in [0.25, 0.3) is 0 Å². The van der Waals surface area contributed by atoms with Gasteiger partial charge in [0.1, 0.15) is 23.9 Å². The summed E-state index contributed by atoms with van der Waals surface area (Å²) in [6.07, 6.45) is 1.36. The Balaban J connectivity index is 2.11. The quantitative estimate of drug-likeness (QED) is 0.778. The van der Waals surface area contributed by atoms with E-state index in [4.69, 9.17) is 14.2 Å². The Morgan fingerprint density at radius 3 is 2.58 bits per heavy atom. The lowest BCUT2D eigenvalue weighted by atomic mass is 10.2. The Morgan fingerprint density at radius 2 is 1.89 bits per heavy atom. The van der Waals surface area contributed by atoms with E-state index in [0.717, 1.165) is 5.56 Å². The number of nitrogens with zero attached hydrogens (tertiary/aromatic N) is 1. The first kappa shape index (κ1) is 13.1. The minimum Gasteiger partial charge on any atom is -0.497 e. The summed E-state index contributed by atoms with van der Waals surface area (Å²) in [5, 5.41) is 0. The van der Waals surface area contributed by atoms with Crippen molar-refractivity contribution < 1.29 is 18.6 Å². The SMILES string of the molecule is COc1ccc(COc2ccnc(F)c2)c(OC)c1. The monoisotopic (exact) mass is 263 g/mol.